The monoisotopic (exact) mass is 298 g/mol. The number of likely N-dealkylation sites (tertiary alicyclic amines) is 1. The molecule has 0 bridgehead atoms. The third-order valence-corrected chi connectivity index (χ3v) is 4.78. The topological polar surface area (TPSA) is 33.1 Å². The average Bonchev–Trinajstić information content (AvgIpc) is 3.02. The Labute approximate surface area is 128 Å². The molecule has 2 aliphatic heterocycles. The number of piperidine rings is 1. The Morgan fingerprint density at radius 2 is 2.05 bits per heavy atom. The van der Waals surface area contributed by atoms with Crippen molar-refractivity contribution in [1.82, 2.24) is 19.8 Å². The van der Waals surface area contributed by atoms with Gasteiger partial charge in [0.2, 0.25) is 0 Å². The van der Waals surface area contributed by atoms with Crippen molar-refractivity contribution in [2.45, 2.75) is 45.2 Å². The number of aryl methyl sites for hydroxylation is 1. The van der Waals surface area contributed by atoms with E-state index in [1.54, 1.807) is 0 Å². The van der Waals surface area contributed by atoms with Crippen LogP contribution in [0.15, 0.2) is 12.4 Å². The van der Waals surface area contributed by atoms with Crippen LogP contribution in [0.3, 0.4) is 0 Å². The fourth-order valence-electron chi connectivity index (χ4n) is 3.56. The number of hydrogen-bond donors (Lipinski definition) is 1. The number of halogens is 1. The summed E-state index contributed by atoms with van der Waals surface area (Å²) < 4.78 is 2.31. The number of nitrogens with one attached hydrogen (secondary N) is 1. The maximum absolute atomic E-state index is 4.34. The molecule has 1 atom stereocenters. The SMILES string of the molecule is Cc1nccn1CC1CCCN1CC1CCNCC1.Cl. The van der Waals surface area contributed by atoms with Gasteiger partial charge in [-0.3, -0.25) is 4.90 Å². The Morgan fingerprint density at radius 3 is 2.75 bits per heavy atom. The van der Waals surface area contributed by atoms with Crippen LogP contribution in [0.25, 0.3) is 0 Å². The summed E-state index contributed by atoms with van der Waals surface area (Å²) in [6.45, 7) is 8.25. The van der Waals surface area contributed by atoms with Crippen molar-refractivity contribution in [1.29, 1.82) is 0 Å². The molecule has 3 heterocycles. The molecule has 1 aromatic rings. The lowest BCUT2D eigenvalue weighted by atomic mass is 9.97. The quantitative estimate of drug-likeness (QED) is 0.924. The van der Waals surface area contributed by atoms with E-state index in [1.807, 2.05) is 6.20 Å². The van der Waals surface area contributed by atoms with Crippen LogP contribution in [0.2, 0.25) is 0 Å². The zero-order valence-corrected chi connectivity index (χ0v) is 13.2. The first-order valence-electron chi connectivity index (χ1n) is 7.75. The van der Waals surface area contributed by atoms with Gasteiger partial charge in [0.05, 0.1) is 0 Å². The second-order valence-electron chi connectivity index (χ2n) is 6.11. The van der Waals surface area contributed by atoms with Crippen molar-refractivity contribution in [2.24, 2.45) is 5.92 Å². The lowest BCUT2D eigenvalue weighted by Gasteiger charge is -2.31. The van der Waals surface area contributed by atoms with E-state index in [9.17, 15) is 0 Å². The van der Waals surface area contributed by atoms with Gasteiger partial charge in [-0.15, -0.1) is 12.4 Å². The summed E-state index contributed by atoms with van der Waals surface area (Å²) in [4.78, 5) is 7.07. The maximum Gasteiger partial charge on any atom is 0.105 e. The van der Waals surface area contributed by atoms with E-state index < -0.39 is 0 Å². The second kappa shape index (κ2) is 7.43. The minimum Gasteiger partial charge on any atom is -0.334 e. The molecular weight excluding hydrogens is 272 g/mol. The fourth-order valence-corrected chi connectivity index (χ4v) is 3.56. The molecule has 20 heavy (non-hydrogen) atoms. The molecule has 0 aromatic carbocycles. The second-order valence-corrected chi connectivity index (χ2v) is 6.11. The largest absolute Gasteiger partial charge is 0.334 e. The molecule has 0 saturated carbocycles. The maximum atomic E-state index is 4.34. The van der Waals surface area contributed by atoms with Crippen LogP contribution >= 0.6 is 12.4 Å². The summed E-state index contributed by atoms with van der Waals surface area (Å²) in [6.07, 6.45) is 9.46. The van der Waals surface area contributed by atoms with Crippen molar-refractivity contribution in [3.05, 3.63) is 18.2 Å². The van der Waals surface area contributed by atoms with Crippen LogP contribution in [0, 0.1) is 12.8 Å². The van der Waals surface area contributed by atoms with Gasteiger partial charge in [0, 0.05) is 31.5 Å². The van der Waals surface area contributed by atoms with Gasteiger partial charge in [0.25, 0.3) is 0 Å². The molecule has 2 fully saturated rings. The highest BCUT2D eigenvalue weighted by atomic mass is 35.5. The summed E-state index contributed by atoms with van der Waals surface area (Å²) in [5, 5.41) is 3.46. The van der Waals surface area contributed by atoms with E-state index in [1.165, 1.54) is 51.9 Å². The van der Waals surface area contributed by atoms with Crippen LogP contribution in [0.4, 0.5) is 0 Å². The van der Waals surface area contributed by atoms with Crippen LogP contribution in [-0.2, 0) is 6.54 Å². The molecule has 1 N–H and O–H groups in total. The first-order chi connectivity index (χ1) is 9.33. The van der Waals surface area contributed by atoms with Gasteiger partial charge < -0.3 is 9.88 Å². The van der Waals surface area contributed by atoms with Gasteiger partial charge in [-0.2, -0.15) is 0 Å². The number of hydrogen-bond acceptors (Lipinski definition) is 3. The highest BCUT2D eigenvalue weighted by Crippen LogP contribution is 2.23. The standard InChI is InChI=1S/C15H26N4.ClH/c1-13-17-8-10-18(13)12-15-3-2-9-19(15)11-14-4-6-16-7-5-14;/h8,10,14-16H,2-7,9,11-12H2,1H3;1H. The highest BCUT2D eigenvalue weighted by molar-refractivity contribution is 5.85. The molecule has 3 rings (SSSR count). The molecule has 2 aliphatic rings. The molecule has 0 aliphatic carbocycles. The minimum atomic E-state index is 0. The summed E-state index contributed by atoms with van der Waals surface area (Å²) in [5.74, 6) is 2.06. The van der Waals surface area contributed by atoms with Gasteiger partial charge in [-0.25, -0.2) is 4.98 Å². The van der Waals surface area contributed by atoms with E-state index in [2.05, 4.69) is 32.9 Å². The Hall–Kier alpha value is -0.580. The predicted molar refractivity (Wildman–Crippen MR) is 84.4 cm³/mol. The Balaban J connectivity index is 0.00000147. The van der Waals surface area contributed by atoms with Crippen molar-refractivity contribution < 1.29 is 0 Å². The Morgan fingerprint density at radius 1 is 1.25 bits per heavy atom. The summed E-state index contributed by atoms with van der Waals surface area (Å²) in [6, 6.07) is 0.725. The van der Waals surface area contributed by atoms with Gasteiger partial charge in [0.15, 0.2) is 0 Å². The van der Waals surface area contributed by atoms with Crippen molar-refractivity contribution in [3.8, 4) is 0 Å². The molecule has 0 spiro atoms. The van der Waals surface area contributed by atoms with Crippen molar-refractivity contribution in [2.75, 3.05) is 26.2 Å². The van der Waals surface area contributed by atoms with Gasteiger partial charge in [-0.1, -0.05) is 0 Å². The first-order valence-corrected chi connectivity index (χ1v) is 7.75. The molecule has 0 amide bonds. The smallest absolute Gasteiger partial charge is 0.105 e. The Bertz CT molecular complexity index is 400. The van der Waals surface area contributed by atoms with Gasteiger partial charge in [0.1, 0.15) is 5.82 Å². The van der Waals surface area contributed by atoms with Gasteiger partial charge >= 0.3 is 0 Å². The highest BCUT2D eigenvalue weighted by Gasteiger charge is 2.27. The summed E-state index contributed by atoms with van der Waals surface area (Å²) in [7, 11) is 0. The Kier molecular flexibility index (Phi) is 5.87. The van der Waals surface area contributed by atoms with E-state index >= 15 is 0 Å². The van der Waals surface area contributed by atoms with E-state index in [0.29, 0.717) is 0 Å². The number of nitrogens with zero attached hydrogens (tertiary/aromatic N) is 3. The predicted octanol–water partition coefficient (Wildman–Crippen LogP) is 2.08. The molecule has 1 unspecified atom stereocenters. The average molecular weight is 299 g/mol. The lowest BCUT2D eigenvalue weighted by molar-refractivity contribution is 0.179. The molecule has 4 nitrogen and oxygen atoms in total. The van der Waals surface area contributed by atoms with Crippen LogP contribution in [0.1, 0.15) is 31.5 Å². The molecule has 114 valence electrons. The molecule has 1 aromatic heterocycles. The molecule has 5 heteroatoms. The zero-order chi connectivity index (χ0) is 13.1. The number of aromatic nitrogens is 2. The molecule has 0 radical (unpaired) electrons. The van der Waals surface area contributed by atoms with Crippen molar-refractivity contribution in [3.63, 3.8) is 0 Å². The van der Waals surface area contributed by atoms with Crippen LogP contribution in [0.5, 0.6) is 0 Å². The fraction of sp³-hybridized carbons (Fsp3) is 0.800. The third-order valence-electron chi connectivity index (χ3n) is 4.78. The molecular formula is C15H27ClN4. The van der Waals surface area contributed by atoms with Gasteiger partial charge in [-0.05, 0) is 58.2 Å². The van der Waals surface area contributed by atoms with E-state index in [4.69, 9.17) is 0 Å². The van der Waals surface area contributed by atoms with Crippen LogP contribution in [-0.4, -0.2) is 46.7 Å². The summed E-state index contributed by atoms with van der Waals surface area (Å²) >= 11 is 0. The third kappa shape index (κ3) is 3.74. The normalized spacial score (nSPS) is 24.8. The number of rotatable bonds is 4. The van der Waals surface area contributed by atoms with E-state index in [-0.39, 0.29) is 12.4 Å². The number of imidazole rings is 1. The van der Waals surface area contributed by atoms with E-state index in [0.717, 1.165) is 24.3 Å². The lowest BCUT2D eigenvalue weighted by Crippen LogP contribution is -2.40. The minimum absolute atomic E-state index is 0. The van der Waals surface area contributed by atoms with Crippen LogP contribution < -0.4 is 5.32 Å². The van der Waals surface area contributed by atoms with Crippen molar-refractivity contribution >= 4 is 12.4 Å². The zero-order valence-electron chi connectivity index (χ0n) is 12.4. The molecule has 2 saturated heterocycles. The first kappa shape index (κ1) is 15.8. The summed E-state index contributed by atoms with van der Waals surface area (Å²) in [5.41, 5.74) is 0.